The molecule has 1 aromatic carbocycles. The number of hydrogen-bond acceptors (Lipinski definition) is 4. The van der Waals surface area contributed by atoms with Gasteiger partial charge in [0.05, 0.1) is 4.92 Å². The molecule has 0 aliphatic heterocycles. The fourth-order valence-electron chi connectivity index (χ4n) is 2.45. The number of rotatable bonds is 6. The van der Waals surface area contributed by atoms with Gasteiger partial charge in [0.1, 0.15) is 5.69 Å². The van der Waals surface area contributed by atoms with Gasteiger partial charge < -0.3 is 10.6 Å². The van der Waals surface area contributed by atoms with Gasteiger partial charge in [-0.3, -0.25) is 14.9 Å². The zero-order chi connectivity index (χ0) is 15.6. The van der Waals surface area contributed by atoms with Crippen LogP contribution in [0.3, 0.4) is 0 Å². The quantitative estimate of drug-likeness (QED) is 0.623. The van der Waals surface area contributed by atoms with E-state index >= 15 is 0 Å². The van der Waals surface area contributed by atoms with Crippen molar-refractivity contribution in [3.05, 3.63) is 33.9 Å². The molecule has 0 aromatic heterocycles. The van der Waals surface area contributed by atoms with Crippen LogP contribution in [0.25, 0.3) is 0 Å². The highest BCUT2D eigenvalue weighted by Gasteiger charge is 2.38. The van der Waals surface area contributed by atoms with Crippen molar-refractivity contribution in [3.8, 4) is 0 Å². The van der Waals surface area contributed by atoms with Crippen molar-refractivity contribution in [2.45, 2.75) is 39.2 Å². The number of amides is 1. The van der Waals surface area contributed by atoms with E-state index in [1.165, 1.54) is 6.07 Å². The summed E-state index contributed by atoms with van der Waals surface area (Å²) in [4.78, 5) is 22.6. The van der Waals surface area contributed by atoms with E-state index < -0.39 is 4.92 Å². The summed E-state index contributed by atoms with van der Waals surface area (Å²) in [6, 6.07) is 4.56. The zero-order valence-electron chi connectivity index (χ0n) is 12.6. The molecule has 0 spiro atoms. The zero-order valence-corrected chi connectivity index (χ0v) is 12.6. The Morgan fingerprint density at radius 2 is 2.10 bits per heavy atom. The molecular formula is C15H21N3O3. The lowest BCUT2D eigenvalue weighted by Gasteiger charge is -2.27. The minimum Gasteiger partial charge on any atom is -0.374 e. The molecule has 114 valence electrons. The van der Waals surface area contributed by atoms with Crippen molar-refractivity contribution >= 4 is 17.3 Å². The third kappa shape index (κ3) is 3.51. The Morgan fingerprint density at radius 3 is 2.62 bits per heavy atom. The van der Waals surface area contributed by atoms with Gasteiger partial charge in [-0.2, -0.15) is 0 Å². The molecule has 1 aromatic rings. The predicted octanol–water partition coefficient (Wildman–Crippen LogP) is 2.95. The summed E-state index contributed by atoms with van der Waals surface area (Å²) in [5.74, 6) is 0.244. The number of hydrogen-bond donors (Lipinski definition) is 2. The maximum Gasteiger partial charge on any atom is 0.293 e. The third-order valence-electron chi connectivity index (χ3n) is 3.85. The summed E-state index contributed by atoms with van der Waals surface area (Å²) in [6.07, 6.45) is 2.29. The first-order chi connectivity index (χ1) is 9.85. The van der Waals surface area contributed by atoms with Crippen LogP contribution in [0.5, 0.6) is 0 Å². The standard InChI is InChI=1S/C15H21N3O3/c1-4-16-14(19)10-5-8-12(13(9-10)18(20)21)17-15(2,3)11-6-7-11/h5,8-9,11,17H,4,6-7H2,1-3H3,(H,16,19). The number of benzene rings is 1. The molecule has 2 rings (SSSR count). The Bertz CT molecular complexity index is 565. The van der Waals surface area contributed by atoms with Crippen molar-refractivity contribution in [2.24, 2.45) is 5.92 Å². The summed E-state index contributed by atoms with van der Waals surface area (Å²) in [7, 11) is 0. The van der Waals surface area contributed by atoms with E-state index in [-0.39, 0.29) is 17.1 Å². The van der Waals surface area contributed by atoms with Gasteiger partial charge in [-0.05, 0) is 51.7 Å². The largest absolute Gasteiger partial charge is 0.374 e. The predicted molar refractivity (Wildman–Crippen MR) is 81.5 cm³/mol. The summed E-state index contributed by atoms with van der Waals surface area (Å²) in [6.45, 7) is 6.39. The van der Waals surface area contributed by atoms with Crippen LogP contribution in [0.2, 0.25) is 0 Å². The molecule has 1 aliphatic rings. The number of nitrogens with zero attached hydrogens (tertiary/aromatic N) is 1. The first-order valence-corrected chi connectivity index (χ1v) is 7.20. The molecule has 0 unspecified atom stereocenters. The van der Waals surface area contributed by atoms with E-state index in [1.807, 2.05) is 13.8 Å². The van der Waals surface area contributed by atoms with Gasteiger partial charge in [0, 0.05) is 23.7 Å². The molecule has 0 heterocycles. The lowest BCUT2D eigenvalue weighted by Crippen LogP contribution is -2.33. The molecule has 1 aliphatic carbocycles. The van der Waals surface area contributed by atoms with Crippen molar-refractivity contribution in [3.63, 3.8) is 0 Å². The molecule has 0 bridgehead atoms. The normalized spacial score (nSPS) is 14.6. The van der Waals surface area contributed by atoms with E-state index in [0.717, 1.165) is 12.8 Å². The average Bonchev–Trinajstić information content (AvgIpc) is 3.23. The Labute approximate surface area is 124 Å². The maximum absolute atomic E-state index is 11.8. The van der Waals surface area contributed by atoms with Crippen LogP contribution in [0.1, 0.15) is 44.0 Å². The number of carbonyl (C=O) groups excluding carboxylic acids is 1. The van der Waals surface area contributed by atoms with Crippen LogP contribution in [0.4, 0.5) is 11.4 Å². The van der Waals surface area contributed by atoms with Crippen molar-refractivity contribution in [2.75, 3.05) is 11.9 Å². The molecule has 6 nitrogen and oxygen atoms in total. The number of nitrogens with one attached hydrogen (secondary N) is 2. The number of carbonyl (C=O) groups is 1. The van der Waals surface area contributed by atoms with Gasteiger partial charge in [0.15, 0.2) is 0 Å². The van der Waals surface area contributed by atoms with Gasteiger partial charge in [-0.25, -0.2) is 0 Å². The number of nitro groups is 1. The van der Waals surface area contributed by atoms with Crippen LogP contribution >= 0.6 is 0 Å². The Kier molecular flexibility index (Phi) is 4.16. The average molecular weight is 291 g/mol. The minimum absolute atomic E-state index is 0.0625. The molecule has 1 fully saturated rings. The van der Waals surface area contributed by atoms with Gasteiger partial charge in [0.25, 0.3) is 11.6 Å². The number of nitro benzene ring substituents is 1. The molecule has 1 amide bonds. The lowest BCUT2D eigenvalue weighted by molar-refractivity contribution is -0.384. The highest BCUT2D eigenvalue weighted by molar-refractivity contribution is 5.95. The van der Waals surface area contributed by atoms with Crippen LogP contribution in [-0.4, -0.2) is 22.9 Å². The Morgan fingerprint density at radius 1 is 1.43 bits per heavy atom. The second-order valence-corrected chi connectivity index (χ2v) is 5.97. The molecule has 6 heteroatoms. The van der Waals surface area contributed by atoms with Crippen LogP contribution in [0, 0.1) is 16.0 Å². The van der Waals surface area contributed by atoms with Crippen molar-refractivity contribution in [1.82, 2.24) is 5.32 Å². The molecular weight excluding hydrogens is 270 g/mol. The summed E-state index contributed by atoms with van der Waals surface area (Å²) in [5, 5.41) is 17.2. The third-order valence-corrected chi connectivity index (χ3v) is 3.85. The van der Waals surface area contributed by atoms with E-state index in [0.29, 0.717) is 23.7 Å². The first kappa shape index (κ1) is 15.3. The minimum atomic E-state index is -0.450. The first-order valence-electron chi connectivity index (χ1n) is 7.20. The summed E-state index contributed by atoms with van der Waals surface area (Å²) < 4.78 is 0. The maximum atomic E-state index is 11.8. The topological polar surface area (TPSA) is 84.3 Å². The van der Waals surface area contributed by atoms with Crippen molar-refractivity contribution in [1.29, 1.82) is 0 Å². The molecule has 0 saturated heterocycles. The Hall–Kier alpha value is -2.11. The van der Waals surface area contributed by atoms with E-state index in [9.17, 15) is 14.9 Å². The molecule has 0 radical (unpaired) electrons. The summed E-state index contributed by atoms with van der Waals surface area (Å²) >= 11 is 0. The Balaban J connectivity index is 2.29. The van der Waals surface area contributed by atoms with Gasteiger partial charge in [-0.1, -0.05) is 0 Å². The van der Waals surface area contributed by atoms with E-state index in [4.69, 9.17) is 0 Å². The van der Waals surface area contributed by atoms with Crippen LogP contribution < -0.4 is 10.6 Å². The molecule has 2 N–H and O–H groups in total. The van der Waals surface area contributed by atoms with Gasteiger partial charge >= 0.3 is 0 Å². The second kappa shape index (κ2) is 5.71. The summed E-state index contributed by atoms with van der Waals surface area (Å²) in [5.41, 5.74) is 0.522. The number of anilines is 1. The van der Waals surface area contributed by atoms with Gasteiger partial charge in [0.2, 0.25) is 0 Å². The van der Waals surface area contributed by atoms with E-state index in [2.05, 4.69) is 10.6 Å². The SMILES string of the molecule is CCNC(=O)c1ccc(NC(C)(C)C2CC2)c([N+](=O)[O-])c1. The van der Waals surface area contributed by atoms with Crippen LogP contribution in [0.15, 0.2) is 18.2 Å². The highest BCUT2D eigenvalue weighted by Crippen LogP contribution is 2.42. The smallest absolute Gasteiger partial charge is 0.293 e. The molecule has 0 atom stereocenters. The lowest BCUT2D eigenvalue weighted by atomic mass is 9.98. The fraction of sp³-hybridized carbons (Fsp3) is 0.533. The van der Waals surface area contributed by atoms with E-state index in [1.54, 1.807) is 19.1 Å². The monoisotopic (exact) mass is 291 g/mol. The second-order valence-electron chi connectivity index (χ2n) is 5.97. The molecule has 1 saturated carbocycles. The van der Waals surface area contributed by atoms with Gasteiger partial charge in [-0.15, -0.1) is 0 Å². The molecule has 21 heavy (non-hydrogen) atoms. The van der Waals surface area contributed by atoms with Crippen LogP contribution in [-0.2, 0) is 0 Å². The highest BCUT2D eigenvalue weighted by atomic mass is 16.6. The van der Waals surface area contributed by atoms with Crippen molar-refractivity contribution < 1.29 is 9.72 Å². The fourth-order valence-corrected chi connectivity index (χ4v) is 2.45.